The quantitative estimate of drug-likeness (QED) is 0.732. The Morgan fingerprint density at radius 3 is 2.64 bits per heavy atom. The van der Waals surface area contributed by atoms with Gasteiger partial charge in [0.2, 0.25) is 5.88 Å². The predicted molar refractivity (Wildman–Crippen MR) is 109 cm³/mol. The highest BCUT2D eigenvalue weighted by molar-refractivity contribution is 5.93. The van der Waals surface area contributed by atoms with E-state index >= 15 is 0 Å². The number of aryl methyl sites for hydroxylation is 2. The normalized spacial score (nSPS) is 22.2. The number of carboxylic acid groups (broad SMARTS) is 1. The number of pyridine rings is 1. The molecule has 0 aromatic carbocycles. The van der Waals surface area contributed by atoms with Crippen molar-refractivity contribution in [3.8, 4) is 5.88 Å². The molecule has 1 amide bonds. The Morgan fingerprint density at radius 2 is 2.03 bits per heavy atom. The number of alkyl halides is 3. The number of ether oxygens (including phenoxy) is 2. The van der Waals surface area contributed by atoms with Gasteiger partial charge in [-0.2, -0.15) is 18.3 Å². The number of carbonyl (C=O) groups is 2. The van der Waals surface area contributed by atoms with Crippen LogP contribution in [-0.4, -0.2) is 74.2 Å². The van der Waals surface area contributed by atoms with Crippen LogP contribution < -0.4 is 4.74 Å². The molecule has 2 saturated heterocycles. The second-order valence-electron chi connectivity index (χ2n) is 7.59. The van der Waals surface area contributed by atoms with Gasteiger partial charge in [-0.05, 0) is 32.4 Å². The van der Waals surface area contributed by atoms with Crippen molar-refractivity contribution in [2.75, 3.05) is 13.2 Å². The Morgan fingerprint density at radius 1 is 1.30 bits per heavy atom. The van der Waals surface area contributed by atoms with Crippen LogP contribution in [0, 0.1) is 6.92 Å². The molecule has 12 heteroatoms. The van der Waals surface area contributed by atoms with Crippen molar-refractivity contribution in [3.63, 3.8) is 0 Å². The van der Waals surface area contributed by atoms with Crippen LogP contribution in [-0.2, 0) is 16.1 Å². The number of nitrogens with zero attached hydrogens (tertiary/aromatic N) is 4. The lowest BCUT2D eigenvalue weighted by atomic mass is 9.95. The van der Waals surface area contributed by atoms with Crippen molar-refractivity contribution in [3.05, 3.63) is 41.9 Å². The van der Waals surface area contributed by atoms with E-state index in [1.165, 1.54) is 0 Å². The first-order valence-electron chi connectivity index (χ1n) is 10.5. The molecule has 2 aromatic heterocycles. The Hall–Kier alpha value is -3.15. The van der Waals surface area contributed by atoms with Gasteiger partial charge in [-0.15, -0.1) is 0 Å². The summed E-state index contributed by atoms with van der Waals surface area (Å²) in [6.45, 7) is 5.88. The summed E-state index contributed by atoms with van der Waals surface area (Å²) in [4.78, 5) is 28.2. The monoisotopic (exact) mass is 470 g/mol. The fourth-order valence-corrected chi connectivity index (χ4v) is 3.94. The lowest BCUT2D eigenvalue weighted by Gasteiger charge is -2.40. The molecule has 2 fully saturated rings. The van der Waals surface area contributed by atoms with E-state index in [0.29, 0.717) is 31.3 Å². The van der Waals surface area contributed by atoms with E-state index in [-0.39, 0.29) is 24.2 Å². The molecule has 180 valence electrons. The van der Waals surface area contributed by atoms with Crippen molar-refractivity contribution in [2.45, 2.75) is 57.7 Å². The molecule has 0 saturated carbocycles. The number of rotatable bonds is 4. The van der Waals surface area contributed by atoms with Crippen LogP contribution in [0.25, 0.3) is 0 Å². The fourth-order valence-electron chi connectivity index (χ4n) is 3.94. The summed E-state index contributed by atoms with van der Waals surface area (Å²) >= 11 is 0. The first kappa shape index (κ1) is 24.5. The summed E-state index contributed by atoms with van der Waals surface area (Å²) in [6.07, 6.45) is -2.01. The van der Waals surface area contributed by atoms with Gasteiger partial charge in [0, 0.05) is 38.4 Å². The third kappa shape index (κ3) is 5.81. The summed E-state index contributed by atoms with van der Waals surface area (Å²) in [6, 6.07) is 7.52. The zero-order valence-electron chi connectivity index (χ0n) is 18.2. The molecular weight excluding hydrogens is 445 g/mol. The van der Waals surface area contributed by atoms with Gasteiger partial charge in [0.1, 0.15) is 17.9 Å². The van der Waals surface area contributed by atoms with Gasteiger partial charge < -0.3 is 19.5 Å². The molecule has 0 spiro atoms. The van der Waals surface area contributed by atoms with E-state index in [9.17, 15) is 18.0 Å². The number of hydrogen-bond acceptors (Lipinski definition) is 6. The average molecular weight is 470 g/mol. The second-order valence-corrected chi connectivity index (χ2v) is 7.59. The molecule has 2 aliphatic heterocycles. The molecular formula is C21H25F3N4O5. The highest BCUT2D eigenvalue weighted by Gasteiger charge is 2.46. The lowest BCUT2D eigenvalue weighted by Crippen LogP contribution is -2.56. The number of hydrogen-bond donors (Lipinski definition) is 1. The van der Waals surface area contributed by atoms with Gasteiger partial charge in [-0.25, -0.2) is 9.78 Å². The number of carboxylic acids is 1. The van der Waals surface area contributed by atoms with E-state index in [4.69, 9.17) is 19.4 Å². The van der Waals surface area contributed by atoms with E-state index < -0.39 is 12.1 Å². The van der Waals surface area contributed by atoms with Crippen LogP contribution >= 0.6 is 0 Å². The summed E-state index contributed by atoms with van der Waals surface area (Å²) in [5.41, 5.74) is 1.52. The van der Waals surface area contributed by atoms with Crippen molar-refractivity contribution in [1.82, 2.24) is 19.7 Å². The molecule has 0 unspecified atom stereocenters. The molecule has 9 nitrogen and oxygen atoms in total. The first-order chi connectivity index (χ1) is 15.6. The van der Waals surface area contributed by atoms with Crippen LogP contribution in [0.3, 0.4) is 0 Å². The lowest BCUT2D eigenvalue weighted by molar-refractivity contribution is -0.192. The molecule has 0 aliphatic carbocycles. The minimum atomic E-state index is -5.08. The minimum Gasteiger partial charge on any atom is -0.475 e. The number of likely N-dealkylation sites (tertiary alicyclic amines) is 1. The van der Waals surface area contributed by atoms with Crippen LogP contribution in [0.4, 0.5) is 13.2 Å². The smallest absolute Gasteiger partial charge is 0.475 e. The number of aromatic nitrogens is 3. The summed E-state index contributed by atoms with van der Waals surface area (Å²) < 4.78 is 45.5. The molecule has 2 aliphatic rings. The molecule has 4 heterocycles. The van der Waals surface area contributed by atoms with E-state index in [1.54, 1.807) is 10.9 Å². The topological polar surface area (TPSA) is 107 Å². The van der Waals surface area contributed by atoms with Gasteiger partial charge in [-0.1, -0.05) is 6.07 Å². The maximum Gasteiger partial charge on any atom is 0.490 e. The zero-order chi connectivity index (χ0) is 24.2. The third-order valence-electron chi connectivity index (χ3n) is 5.36. The molecule has 0 radical (unpaired) electrons. The van der Waals surface area contributed by atoms with Crippen LogP contribution in [0.15, 0.2) is 30.5 Å². The van der Waals surface area contributed by atoms with Gasteiger partial charge in [0.25, 0.3) is 5.91 Å². The highest BCUT2D eigenvalue weighted by atomic mass is 19.4. The van der Waals surface area contributed by atoms with E-state index in [1.807, 2.05) is 43.0 Å². The van der Waals surface area contributed by atoms with Gasteiger partial charge in [0.15, 0.2) is 0 Å². The minimum absolute atomic E-state index is 0.0317. The molecule has 3 atom stereocenters. The largest absolute Gasteiger partial charge is 0.490 e. The zero-order valence-corrected chi connectivity index (χ0v) is 18.2. The average Bonchev–Trinajstić information content (AvgIpc) is 3.41. The Balaban J connectivity index is 0.000000383. The SMILES string of the molecule is CCn1nc(C)cc1C(=O)N1CC[C@@H](Oc2ccccn2)[C@H]2OCC[C@@H]21.O=C(O)C(F)(F)F. The van der Waals surface area contributed by atoms with E-state index in [0.717, 1.165) is 18.5 Å². The number of amides is 1. The highest BCUT2D eigenvalue weighted by Crippen LogP contribution is 2.32. The molecule has 4 rings (SSSR count). The summed E-state index contributed by atoms with van der Waals surface area (Å²) in [5.74, 6) is -2.12. The van der Waals surface area contributed by atoms with Crippen LogP contribution in [0.2, 0.25) is 0 Å². The third-order valence-corrected chi connectivity index (χ3v) is 5.36. The second kappa shape index (κ2) is 10.2. The number of fused-ring (bicyclic) bond motifs is 1. The number of carbonyl (C=O) groups excluding carboxylic acids is 1. The van der Waals surface area contributed by atoms with Gasteiger partial charge in [-0.3, -0.25) is 9.48 Å². The summed E-state index contributed by atoms with van der Waals surface area (Å²) in [7, 11) is 0. The molecule has 33 heavy (non-hydrogen) atoms. The predicted octanol–water partition coefficient (Wildman–Crippen LogP) is 2.69. The Bertz CT molecular complexity index is 967. The maximum absolute atomic E-state index is 13.2. The van der Waals surface area contributed by atoms with Crippen molar-refractivity contribution in [1.29, 1.82) is 0 Å². The van der Waals surface area contributed by atoms with Crippen molar-refractivity contribution < 1.29 is 37.3 Å². The van der Waals surface area contributed by atoms with Gasteiger partial charge in [0.05, 0.1) is 11.7 Å². The Labute approximate surface area is 188 Å². The van der Waals surface area contributed by atoms with Gasteiger partial charge >= 0.3 is 12.1 Å². The Kier molecular flexibility index (Phi) is 7.57. The van der Waals surface area contributed by atoms with Crippen molar-refractivity contribution >= 4 is 11.9 Å². The first-order valence-corrected chi connectivity index (χ1v) is 10.5. The number of halogens is 3. The molecule has 2 aromatic rings. The summed E-state index contributed by atoms with van der Waals surface area (Å²) in [5, 5.41) is 11.5. The maximum atomic E-state index is 13.2. The number of aliphatic carboxylic acids is 1. The number of piperidine rings is 1. The van der Waals surface area contributed by atoms with Crippen LogP contribution in [0.1, 0.15) is 35.9 Å². The molecule has 1 N–H and O–H groups in total. The van der Waals surface area contributed by atoms with Crippen molar-refractivity contribution in [2.24, 2.45) is 0 Å². The molecule has 0 bridgehead atoms. The fraction of sp³-hybridized carbons (Fsp3) is 0.524. The standard InChI is InChI=1S/C19H24N4O3.C2HF3O2/c1-3-23-15(12-13(2)21-23)19(24)22-10-7-16(18-14(22)8-11-25-18)26-17-6-4-5-9-20-17;3-2(4,5)1(6)7/h4-6,9,12,14,16,18H,3,7-8,10-11H2,1-2H3;(H,6,7)/t14-,16+,18-;/m0./s1. The van der Waals surface area contributed by atoms with Crippen LogP contribution in [0.5, 0.6) is 5.88 Å². The van der Waals surface area contributed by atoms with E-state index in [2.05, 4.69) is 10.1 Å².